The summed E-state index contributed by atoms with van der Waals surface area (Å²) >= 11 is 5.57. The Balaban J connectivity index is 1.70. The van der Waals surface area contributed by atoms with E-state index >= 15 is 0 Å². The summed E-state index contributed by atoms with van der Waals surface area (Å²) in [7, 11) is 0. The summed E-state index contributed by atoms with van der Waals surface area (Å²) in [6, 6.07) is 12.4. The zero-order valence-corrected chi connectivity index (χ0v) is 14.0. The number of anilines is 2. The highest BCUT2D eigenvalue weighted by Gasteiger charge is 2.33. The fourth-order valence-corrected chi connectivity index (χ4v) is 2.66. The van der Waals surface area contributed by atoms with Crippen LogP contribution in [0.5, 0.6) is 0 Å². The number of alkyl halides is 3. The van der Waals surface area contributed by atoms with Crippen molar-refractivity contribution in [3.8, 4) is 0 Å². The van der Waals surface area contributed by atoms with E-state index in [1.54, 1.807) is 24.4 Å². The topological polar surface area (TPSA) is 54.0 Å². The molecule has 8 heteroatoms. The van der Waals surface area contributed by atoms with Crippen LogP contribution >= 0.6 is 11.6 Å². The highest BCUT2D eigenvalue weighted by atomic mass is 35.5. The molecule has 0 spiro atoms. The van der Waals surface area contributed by atoms with Crippen molar-refractivity contribution < 1.29 is 18.0 Å². The van der Waals surface area contributed by atoms with Gasteiger partial charge in [0.15, 0.2) is 0 Å². The normalized spacial score (nSPS) is 11.4. The molecule has 4 nitrogen and oxygen atoms in total. The Morgan fingerprint density at radius 2 is 1.88 bits per heavy atom. The summed E-state index contributed by atoms with van der Waals surface area (Å²) in [5.41, 5.74) is 0.354. The molecule has 26 heavy (non-hydrogen) atoms. The maximum Gasteiger partial charge on any atom is 0.417 e. The van der Waals surface area contributed by atoms with E-state index in [2.05, 4.69) is 15.6 Å². The molecular formula is C18H13ClF3N3O. The first-order chi connectivity index (χ1) is 12.3. The minimum absolute atomic E-state index is 0.146. The lowest BCUT2D eigenvalue weighted by Crippen LogP contribution is -2.22. The van der Waals surface area contributed by atoms with Gasteiger partial charge in [0.05, 0.1) is 28.3 Å². The molecule has 1 heterocycles. The summed E-state index contributed by atoms with van der Waals surface area (Å²) in [6.07, 6.45) is -2.95. The molecule has 0 fully saturated rings. The molecule has 1 amide bonds. The highest BCUT2D eigenvalue weighted by Crippen LogP contribution is 2.36. The number of nitrogens with one attached hydrogen (secondary N) is 2. The Morgan fingerprint density at radius 1 is 1.12 bits per heavy atom. The van der Waals surface area contributed by atoms with Gasteiger partial charge in [0, 0.05) is 17.3 Å². The van der Waals surface area contributed by atoms with Gasteiger partial charge in [-0.1, -0.05) is 29.8 Å². The van der Waals surface area contributed by atoms with Gasteiger partial charge >= 0.3 is 6.18 Å². The van der Waals surface area contributed by atoms with Crippen LogP contribution in [0.25, 0.3) is 10.9 Å². The minimum Gasteiger partial charge on any atom is -0.376 e. The van der Waals surface area contributed by atoms with Crippen LogP contribution in [0.15, 0.2) is 54.7 Å². The number of carbonyl (C=O) groups is 1. The molecule has 2 N–H and O–H groups in total. The molecule has 3 rings (SSSR count). The van der Waals surface area contributed by atoms with E-state index in [4.69, 9.17) is 11.6 Å². The van der Waals surface area contributed by atoms with Crippen molar-refractivity contribution in [1.82, 2.24) is 4.98 Å². The number of pyridine rings is 1. The summed E-state index contributed by atoms with van der Waals surface area (Å²) in [4.78, 5) is 16.4. The highest BCUT2D eigenvalue weighted by molar-refractivity contribution is 6.31. The predicted molar refractivity (Wildman–Crippen MR) is 95.3 cm³/mol. The van der Waals surface area contributed by atoms with Crippen molar-refractivity contribution in [3.05, 3.63) is 65.3 Å². The third-order valence-electron chi connectivity index (χ3n) is 3.63. The van der Waals surface area contributed by atoms with Crippen molar-refractivity contribution in [1.29, 1.82) is 0 Å². The molecule has 0 aliphatic rings. The van der Waals surface area contributed by atoms with E-state index in [0.29, 0.717) is 11.2 Å². The van der Waals surface area contributed by atoms with Crippen molar-refractivity contribution in [2.24, 2.45) is 0 Å². The zero-order valence-electron chi connectivity index (χ0n) is 13.3. The second-order valence-corrected chi connectivity index (χ2v) is 5.88. The lowest BCUT2D eigenvalue weighted by atomic mass is 10.2. The predicted octanol–water partition coefficient (Wildman–Crippen LogP) is 4.96. The molecular weight excluding hydrogens is 367 g/mol. The lowest BCUT2D eigenvalue weighted by molar-refractivity contribution is -0.137. The van der Waals surface area contributed by atoms with E-state index in [9.17, 15) is 18.0 Å². The minimum atomic E-state index is -4.56. The average Bonchev–Trinajstić information content (AvgIpc) is 2.60. The van der Waals surface area contributed by atoms with Gasteiger partial charge in [-0.15, -0.1) is 0 Å². The van der Waals surface area contributed by atoms with E-state index in [0.717, 1.165) is 17.5 Å². The number of carbonyl (C=O) groups excluding carboxylic acids is 1. The van der Waals surface area contributed by atoms with Crippen LogP contribution in [0, 0.1) is 0 Å². The molecule has 0 atom stereocenters. The largest absolute Gasteiger partial charge is 0.417 e. The van der Waals surface area contributed by atoms with Gasteiger partial charge in [0.1, 0.15) is 0 Å². The van der Waals surface area contributed by atoms with Gasteiger partial charge in [-0.25, -0.2) is 0 Å². The number of nitrogens with zero attached hydrogens (tertiary/aromatic N) is 1. The van der Waals surface area contributed by atoms with Crippen molar-refractivity contribution in [3.63, 3.8) is 0 Å². The fourth-order valence-electron chi connectivity index (χ4n) is 2.43. The Labute approximate surface area is 152 Å². The Hall–Kier alpha value is -2.80. The van der Waals surface area contributed by atoms with Crippen LogP contribution in [-0.4, -0.2) is 17.4 Å². The summed E-state index contributed by atoms with van der Waals surface area (Å²) in [5, 5.41) is 5.83. The molecule has 0 saturated heterocycles. The number of fused-ring (bicyclic) bond motifs is 1. The maximum absolute atomic E-state index is 12.9. The summed E-state index contributed by atoms with van der Waals surface area (Å²) < 4.78 is 38.6. The van der Waals surface area contributed by atoms with Gasteiger partial charge in [-0.05, 0) is 30.3 Å². The molecule has 0 aliphatic heterocycles. The molecule has 1 aromatic heterocycles. The second kappa shape index (κ2) is 7.21. The van der Waals surface area contributed by atoms with E-state index in [1.807, 2.05) is 12.1 Å². The Morgan fingerprint density at radius 3 is 2.65 bits per heavy atom. The van der Waals surface area contributed by atoms with Crippen LogP contribution < -0.4 is 10.6 Å². The molecule has 0 radical (unpaired) electrons. The van der Waals surface area contributed by atoms with Gasteiger partial charge in [-0.3, -0.25) is 9.78 Å². The first-order valence-corrected chi connectivity index (χ1v) is 7.96. The molecule has 0 aliphatic carbocycles. The van der Waals surface area contributed by atoms with Gasteiger partial charge in [-0.2, -0.15) is 13.2 Å². The SMILES string of the molecule is O=C(CNc1ccc(Cl)c(C(F)(F)F)c1)Nc1cccc2cccnc12. The van der Waals surface area contributed by atoms with Gasteiger partial charge < -0.3 is 10.6 Å². The van der Waals surface area contributed by atoms with E-state index in [1.165, 1.54) is 6.07 Å². The van der Waals surface area contributed by atoms with E-state index in [-0.39, 0.29) is 12.2 Å². The Kier molecular flexibility index (Phi) is 4.99. The zero-order chi connectivity index (χ0) is 18.7. The van der Waals surface area contributed by atoms with Crippen LogP contribution in [-0.2, 0) is 11.0 Å². The number of halogens is 4. The number of hydrogen-bond donors (Lipinski definition) is 2. The van der Waals surface area contributed by atoms with Crippen LogP contribution in [0.1, 0.15) is 5.56 Å². The quantitative estimate of drug-likeness (QED) is 0.673. The number of para-hydroxylation sites is 1. The standard InChI is InChI=1S/C18H13ClF3N3O/c19-14-7-6-12(9-13(14)18(20,21)22)24-10-16(26)25-15-5-1-3-11-4-2-8-23-17(11)15/h1-9,24H,10H2,(H,25,26). The summed E-state index contributed by atoms with van der Waals surface area (Å²) in [5.74, 6) is -0.410. The van der Waals surface area contributed by atoms with Crippen molar-refractivity contribution >= 4 is 39.8 Å². The molecule has 2 aromatic carbocycles. The summed E-state index contributed by atoms with van der Waals surface area (Å²) in [6.45, 7) is -0.206. The number of hydrogen-bond acceptors (Lipinski definition) is 3. The maximum atomic E-state index is 12.9. The third-order valence-corrected chi connectivity index (χ3v) is 3.96. The van der Waals surface area contributed by atoms with Crippen molar-refractivity contribution in [2.45, 2.75) is 6.18 Å². The first kappa shape index (κ1) is 18.0. The van der Waals surface area contributed by atoms with Crippen molar-refractivity contribution in [2.75, 3.05) is 17.2 Å². The fraction of sp³-hybridized carbons (Fsp3) is 0.111. The van der Waals surface area contributed by atoms with E-state index < -0.39 is 22.7 Å². The monoisotopic (exact) mass is 379 g/mol. The molecule has 0 bridgehead atoms. The smallest absolute Gasteiger partial charge is 0.376 e. The number of amides is 1. The van der Waals surface area contributed by atoms with Gasteiger partial charge in [0.25, 0.3) is 0 Å². The number of aromatic nitrogens is 1. The number of benzene rings is 2. The molecule has 0 saturated carbocycles. The van der Waals surface area contributed by atoms with Crippen LogP contribution in [0.4, 0.5) is 24.5 Å². The Bertz CT molecular complexity index is 955. The number of rotatable bonds is 4. The first-order valence-electron chi connectivity index (χ1n) is 7.59. The van der Waals surface area contributed by atoms with Gasteiger partial charge in [0.2, 0.25) is 5.91 Å². The van der Waals surface area contributed by atoms with Crippen LogP contribution in [0.2, 0.25) is 5.02 Å². The lowest BCUT2D eigenvalue weighted by Gasteiger charge is -2.13. The average molecular weight is 380 g/mol. The second-order valence-electron chi connectivity index (χ2n) is 5.47. The van der Waals surface area contributed by atoms with Crippen LogP contribution in [0.3, 0.4) is 0 Å². The molecule has 0 unspecified atom stereocenters. The third kappa shape index (κ3) is 4.05. The molecule has 134 valence electrons. The molecule has 3 aromatic rings.